The number of hydrogen-bond donors (Lipinski definition) is 2. The van der Waals surface area contributed by atoms with E-state index >= 15 is 0 Å². The second kappa shape index (κ2) is 7.77. The molecule has 0 aliphatic carbocycles. The van der Waals surface area contributed by atoms with Gasteiger partial charge in [-0.2, -0.15) is 0 Å². The van der Waals surface area contributed by atoms with Crippen LogP contribution in [0.4, 0.5) is 4.39 Å². The van der Waals surface area contributed by atoms with E-state index < -0.39 is 30.2 Å². The Morgan fingerprint density at radius 2 is 2.00 bits per heavy atom. The smallest absolute Gasteiger partial charge is 0.341 e. The summed E-state index contributed by atoms with van der Waals surface area (Å²) in [6, 6.07) is 6.46. The van der Waals surface area contributed by atoms with Gasteiger partial charge < -0.3 is 13.9 Å². The number of esters is 1. The van der Waals surface area contributed by atoms with Crippen molar-refractivity contribution in [3.05, 3.63) is 53.7 Å². The van der Waals surface area contributed by atoms with Crippen LogP contribution in [0.1, 0.15) is 20.9 Å². The number of rotatable bonds is 5. The number of hydrogen-bond acceptors (Lipinski definition) is 6. The van der Waals surface area contributed by atoms with Gasteiger partial charge in [0.1, 0.15) is 11.6 Å². The summed E-state index contributed by atoms with van der Waals surface area (Å²) >= 11 is 0. The first-order valence-electron chi connectivity index (χ1n) is 6.64. The molecular weight excluding hydrogens is 323 g/mol. The molecule has 126 valence electrons. The van der Waals surface area contributed by atoms with Crippen LogP contribution in [0.3, 0.4) is 0 Å². The molecule has 0 aliphatic rings. The Kier molecular flexibility index (Phi) is 5.50. The van der Waals surface area contributed by atoms with Crippen LogP contribution in [0.5, 0.6) is 5.75 Å². The predicted octanol–water partition coefficient (Wildman–Crippen LogP) is 1.05. The van der Waals surface area contributed by atoms with E-state index in [-0.39, 0.29) is 17.1 Å². The molecule has 2 N–H and O–H groups in total. The van der Waals surface area contributed by atoms with Crippen molar-refractivity contribution < 1.29 is 32.7 Å². The molecule has 0 saturated carbocycles. The molecule has 0 aliphatic heterocycles. The Hall–Kier alpha value is -3.36. The first-order chi connectivity index (χ1) is 11.5. The molecule has 0 spiro atoms. The van der Waals surface area contributed by atoms with Gasteiger partial charge in [0.15, 0.2) is 12.4 Å². The van der Waals surface area contributed by atoms with Crippen LogP contribution in [0.2, 0.25) is 0 Å². The summed E-state index contributed by atoms with van der Waals surface area (Å²) in [6.45, 7) is -0.706. The van der Waals surface area contributed by atoms with Gasteiger partial charge in [0.25, 0.3) is 5.91 Å². The zero-order valence-electron chi connectivity index (χ0n) is 12.5. The van der Waals surface area contributed by atoms with Crippen LogP contribution in [0, 0.1) is 5.82 Å². The minimum absolute atomic E-state index is 0.00685. The third kappa shape index (κ3) is 4.32. The Morgan fingerprint density at radius 1 is 1.21 bits per heavy atom. The van der Waals surface area contributed by atoms with Crippen molar-refractivity contribution in [2.75, 3.05) is 13.7 Å². The summed E-state index contributed by atoms with van der Waals surface area (Å²) in [5, 5.41) is 0. The normalized spacial score (nSPS) is 9.92. The third-order valence-corrected chi connectivity index (χ3v) is 2.79. The number of nitrogens with one attached hydrogen (secondary N) is 2. The fraction of sp³-hybridized carbons (Fsp3) is 0.133. The van der Waals surface area contributed by atoms with E-state index in [4.69, 9.17) is 9.15 Å². The molecule has 0 atom stereocenters. The highest BCUT2D eigenvalue weighted by Gasteiger charge is 2.16. The first-order valence-corrected chi connectivity index (χ1v) is 6.64. The number of methoxy groups -OCH3 is 1. The van der Waals surface area contributed by atoms with Crippen molar-refractivity contribution in [2.45, 2.75) is 0 Å². The topological polar surface area (TPSA) is 107 Å². The van der Waals surface area contributed by atoms with Crippen molar-refractivity contribution in [3.8, 4) is 5.75 Å². The molecule has 0 radical (unpaired) electrons. The number of ether oxygens (including phenoxy) is 2. The molecule has 0 unspecified atom stereocenters. The lowest BCUT2D eigenvalue weighted by atomic mass is 10.2. The number of amides is 2. The summed E-state index contributed by atoms with van der Waals surface area (Å²) in [5.41, 5.74) is 3.74. The Balaban J connectivity index is 1.81. The number of hydrazine groups is 1. The summed E-state index contributed by atoms with van der Waals surface area (Å²) in [7, 11) is 1.36. The average molecular weight is 336 g/mol. The average Bonchev–Trinajstić information content (AvgIpc) is 3.12. The number of carbonyl (C=O) groups is 3. The Bertz CT molecular complexity index is 744. The second-order valence-corrected chi connectivity index (χ2v) is 4.40. The first kappa shape index (κ1) is 17.0. The highest BCUT2D eigenvalue weighted by molar-refractivity contribution is 5.94. The predicted molar refractivity (Wildman–Crippen MR) is 77.6 cm³/mol. The van der Waals surface area contributed by atoms with Gasteiger partial charge in [0.2, 0.25) is 0 Å². The lowest BCUT2D eigenvalue weighted by Crippen LogP contribution is -2.43. The maximum atomic E-state index is 13.7. The summed E-state index contributed by atoms with van der Waals surface area (Å²) in [5.74, 6) is -3.12. The molecule has 2 amide bonds. The van der Waals surface area contributed by atoms with E-state index in [9.17, 15) is 18.8 Å². The molecular formula is C15H13FN2O6. The highest BCUT2D eigenvalue weighted by atomic mass is 19.1. The number of halogens is 1. The van der Waals surface area contributed by atoms with E-state index in [2.05, 4.69) is 10.2 Å². The van der Waals surface area contributed by atoms with Gasteiger partial charge in [0, 0.05) is 6.07 Å². The molecule has 8 nitrogen and oxygen atoms in total. The molecule has 24 heavy (non-hydrogen) atoms. The maximum absolute atomic E-state index is 13.7. The van der Waals surface area contributed by atoms with E-state index in [1.54, 1.807) is 0 Å². The van der Waals surface area contributed by atoms with Crippen LogP contribution in [0.25, 0.3) is 0 Å². The van der Waals surface area contributed by atoms with E-state index in [1.807, 2.05) is 5.43 Å². The largest absolute Gasteiger partial charge is 0.497 e. The van der Waals surface area contributed by atoms with Gasteiger partial charge in [-0.3, -0.25) is 20.4 Å². The molecule has 0 saturated heterocycles. The van der Waals surface area contributed by atoms with Crippen molar-refractivity contribution in [2.24, 2.45) is 0 Å². The van der Waals surface area contributed by atoms with Gasteiger partial charge in [-0.15, -0.1) is 0 Å². The van der Waals surface area contributed by atoms with Crippen LogP contribution >= 0.6 is 0 Å². The Morgan fingerprint density at radius 3 is 2.62 bits per heavy atom. The van der Waals surface area contributed by atoms with Gasteiger partial charge in [0.05, 0.1) is 18.9 Å². The molecule has 1 aromatic carbocycles. The van der Waals surface area contributed by atoms with Crippen molar-refractivity contribution >= 4 is 17.8 Å². The molecule has 9 heteroatoms. The zero-order valence-corrected chi connectivity index (χ0v) is 12.5. The summed E-state index contributed by atoms with van der Waals surface area (Å²) < 4.78 is 28.0. The lowest BCUT2D eigenvalue weighted by Gasteiger charge is -2.08. The maximum Gasteiger partial charge on any atom is 0.341 e. The van der Waals surface area contributed by atoms with E-state index in [1.165, 1.54) is 37.6 Å². The number of furan rings is 1. The fourth-order valence-electron chi connectivity index (χ4n) is 1.63. The van der Waals surface area contributed by atoms with E-state index in [0.29, 0.717) is 0 Å². The summed E-state index contributed by atoms with van der Waals surface area (Å²) in [4.78, 5) is 34.7. The van der Waals surface area contributed by atoms with Crippen molar-refractivity contribution in [3.63, 3.8) is 0 Å². The standard InChI is InChI=1S/C15H13FN2O6/c1-22-9-4-5-10(11(16)7-9)15(21)24-8-13(19)17-18-14(20)12-3-2-6-23-12/h2-7H,8H2,1H3,(H,17,19)(H,18,20). The van der Waals surface area contributed by atoms with Crippen LogP contribution in [-0.2, 0) is 9.53 Å². The van der Waals surface area contributed by atoms with Crippen LogP contribution in [0.15, 0.2) is 41.0 Å². The van der Waals surface area contributed by atoms with Gasteiger partial charge in [-0.25, -0.2) is 9.18 Å². The minimum Gasteiger partial charge on any atom is -0.497 e. The van der Waals surface area contributed by atoms with Crippen LogP contribution in [-0.4, -0.2) is 31.5 Å². The number of carbonyl (C=O) groups excluding carboxylic acids is 3. The minimum atomic E-state index is -1.03. The van der Waals surface area contributed by atoms with Crippen molar-refractivity contribution in [1.29, 1.82) is 0 Å². The van der Waals surface area contributed by atoms with Gasteiger partial charge in [-0.05, 0) is 24.3 Å². The van der Waals surface area contributed by atoms with Crippen molar-refractivity contribution in [1.82, 2.24) is 10.9 Å². The monoisotopic (exact) mass is 336 g/mol. The second-order valence-electron chi connectivity index (χ2n) is 4.40. The lowest BCUT2D eigenvalue weighted by molar-refractivity contribution is -0.125. The fourth-order valence-corrected chi connectivity index (χ4v) is 1.63. The zero-order chi connectivity index (χ0) is 17.5. The molecule has 2 aromatic rings. The summed E-state index contributed by atoms with van der Waals surface area (Å²) in [6.07, 6.45) is 1.29. The van der Waals surface area contributed by atoms with Gasteiger partial charge >= 0.3 is 11.9 Å². The van der Waals surface area contributed by atoms with E-state index in [0.717, 1.165) is 6.07 Å². The SMILES string of the molecule is COc1ccc(C(=O)OCC(=O)NNC(=O)c2ccco2)c(F)c1. The highest BCUT2D eigenvalue weighted by Crippen LogP contribution is 2.16. The molecule has 1 heterocycles. The molecule has 0 fully saturated rings. The quantitative estimate of drug-likeness (QED) is 0.624. The molecule has 0 bridgehead atoms. The molecule has 2 rings (SSSR count). The molecule has 1 aromatic heterocycles. The third-order valence-electron chi connectivity index (χ3n) is 2.79. The van der Waals surface area contributed by atoms with Crippen LogP contribution < -0.4 is 15.6 Å². The Labute approximate surface area is 135 Å². The van der Waals surface area contributed by atoms with Gasteiger partial charge in [-0.1, -0.05) is 0 Å². The number of benzene rings is 1.